The minimum Gasteiger partial charge on any atom is -0.444 e. The van der Waals surface area contributed by atoms with Crippen LogP contribution in [0.2, 0.25) is 0 Å². The molecule has 6 heteroatoms. The summed E-state index contributed by atoms with van der Waals surface area (Å²) < 4.78 is 4.93. The Balaban J connectivity index is 0. The van der Waals surface area contributed by atoms with Crippen molar-refractivity contribution in [2.75, 3.05) is 13.1 Å². The molecule has 0 aromatic carbocycles. The summed E-state index contributed by atoms with van der Waals surface area (Å²) in [6.45, 7) is 9.19. The quantitative estimate of drug-likeness (QED) is 0.573. The van der Waals surface area contributed by atoms with E-state index in [9.17, 15) is 4.79 Å². The summed E-state index contributed by atoms with van der Waals surface area (Å²) in [5, 5.41) is 19.5. The molecule has 5 N–H and O–H groups in total. The Bertz CT molecular complexity index is 200. The van der Waals surface area contributed by atoms with E-state index < -0.39 is 17.8 Å². The number of amides is 1. The highest BCUT2D eigenvalue weighted by Crippen LogP contribution is 2.06. The summed E-state index contributed by atoms with van der Waals surface area (Å²) in [5.41, 5.74) is 4.44. The second-order valence-corrected chi connectivity index (χ2v) is 4.82. The van der Waals surface area contributed by atoms with Crippen LogP contribution in [-0.4, -0.2) is 47.2 Å². The highest BCUT2D eigenvalue weighted by Gasteiger charge is 2.15. The maximum Gasteiger partial charge on any atom is 0.407 e. The number of hydrogen-bond donors (Lipinski definition) is 4. The number of rotatable bonds is 3. The molecule has 1 amide bonds. The van der Waals surface area contributed by atoms with E-state index in [0.29, 0.717) is 6.54 Å². The third-order valence-electron chi connectivity index (χ3n) is 1.28. The maximum atomic E-state index is 10.9. The number of carbonyl (C=O) groups is 1. The molecular formula is C11H26N2O4. The predicted molar refractivity (Wildman–Crippen MR) is 66.7 cm³/mol. The second kappa shape index (κ2) is 9.21. The van der Waals surface area contributed by atoms with Gasteiger partial charge in [0.05, 0.1) is 12.2 Å². The lowest BCUT2D eigenvalue weighted by atomic mass is 10.2. The van der Waals surface area contributed by atoms with Gasteiger partial charge in [-0.1, -0.05) is 0 Å². The molecule has 0 aromatic heterocycles. The lowest BCUT2D eigenvalue weighted by Crippen LogP contribution is -2.36. The summed E-state index contributed by atoms with van der Waals surface area (Å²) in [4.78, 5) is 10.9. The Kier molecular flexibility index (Phi) is 10.0. The summed E-state index contributed by atoms with van der Waals surface area (Å²) in [7, 11) is 0. The van der Waals surface area contributed by atoms with Gasteiger partial charge < -0.3 is 26.0 Å². The lowest BCUT2D eigenvalue weighted by molar-refractivity contribution is 0.0498. The van der Waals surface area contributed by atoms with E-state index in [-0.39, 0.29) is 12.6 Å². The van der Waals surface area contributed by atoms with Gasteiger partial charge in [0.2, 0.25) is 0 Å². The standard InChI is InChI=1S/C8H17NO3.C3H9NO/c1-6(10)5-9-7(11)12-8(2,3)4;1-3(5)2-4/h6,10H,5H2,1-4H3,(H,9,11);3,5H,2,4H2,1H3/t6-;3-/m00/s1. The molecule has 0 heterocycles. The monoisotopic (exact) mass is 250 g/mol. The molecule has 0 saturated carbocycles. The highest BCUT2D eigenvalue weighted by molar-refractivity contribution is 5.67. The number of carbonyl (C=O) groups excluding carboxylic acids is 1. The molecule has 2 atom stereocenters. The number of ether oxygens (including phenoxy) is 1. The van der Waals surface area contributed by atoms with Gasteiger partial charge >= 0.3 is 6.09 Å². The van der Waals surface area contributed by atoms with Crippen molar-refractivity contribution in [1.82, 2.24) is 5.32 Å². The first kappa shape index (κ1) is 18.5. The molecule has 104 valence electrons. The fourth-order valence-corrected chi connectivity index (χ4v) is 0.545. The smallest absolute Gasteiger partial charge is 0.407 e. The summed E-state index contributed by atoms with van der Waals surface area (Å²) in [6, 6.07) is 0. The van der Waals surface area contributed by atoms with Gasteiger partial charge in [0.15, 0.2) is 0 Å². The largest absolute Gasteiger partial charge is 0.444 e. The first-order chi connectivity index (χ1) is 7.58. The molecule has 0 fully saturated rings. The van der Waals surface area contributed by atoms with Crippen LogP contribution < -0.4 is 11.1 Å². The van der Waals surface area contributed by atoms with Crippen LogP contribution in [0.4, 0.5) is 4.79 Å². The van der Waals surface area contributed by atoms with Gasteiger partial charge in [-0.2, -0.15) is 0 Å². The molecule has 0 spiro atoms. The van der Waals surface area contributed by atoms with Gasteiger partial charge in [-0.3, -0.25) is 0 Å². The van der Waals surface area contributed by atoms with Crippen molar-refractivity contribution in [1.29, 1.82) is 0 Å². The minimum absolute atomic E-state index is 0.217. The summed E-state index contributed by atoms with van der Waals surface area (Å²) >= 11 is 0. The molecule has 0 rings (SSSR count). The number of nitrogens with two attached hydrogens (primary N) is 1. The molecule has 0 aliphatic heterocycles. The molecular weight excluding hydrogens is 224 g/mol. The summed E-state index contributed by atoms with van der Waals surface area (Å²) in [6.07, 6.45) is -1.38. The number of aliphatic hydroxyl groups excluding tert-OH is 2. The van der Waals surface area contributed by atoms with Gasteiger partial charge in [-0.05, 0) is 34.6 Å². The molecule has 0 aliphatic carbocycles. The van der Waals surface area contributed by atoms with Crippen molar-refractivity contribution in [3.05, 3.63) is 0 Å². The Morgan fingerprint density at radius 1 is 1.29 bits per heavy atom. The fourth-order valence-electron chi connectivity index (χ4n) is 0.545. The lowest BCUT2D eigenvalue weighted by Gasteiger charge is -2.19. The van der Waals surface area contributed by atoms with Crippen LogP contribution in [0.5, 0.6) is 0 Å². The number of alkyl carbamates (subject to hydrolysis) is 1. The maximum absolute atomic E-state index is 10.9. The van der Waals surface area contributed by atoms with E-state index in [4.69, 9.17) is 20.7 Å². The van der Waals surface area contributed by atoms with Gasteiger partial charge in [0, 0.05) is 13.1 Å². The van der Waals surface area contributed by atoms with Crippen molar-refractivity contribution in [2.45, 2.75) is 52.4 Å². The van der Waals surface area contributed by atoms with Crippen LogP contribution >= 0.6 is 0 Å². The van der Waals surface area contributed by atoms with Crippen LogP contribution in [0.15, 0.2) is 0 Å². The van der Waals surface area contributed by atoms with E-state index in [1.54, 1.807) is 34.6 Å². The van der Waals surface area contributed by atoms with E-state index in [1.165, 1.54) is 0 Å². The minimum atomic E-state index is -0.544. The van der Waals surface area contributed by atoms with Crippen molar-refractivity contribution in [3.8, 4) is 0 Å². The van der Waals surface area contributed by atoms with Gasteiger partial charge in [-0.25, -0.2) is 4.79 Å². The number of hydrogen-bond acceptors (Lipinski definition) is 5. The third-order valence-corrected chi connectivity index (χ3v) is 1.28. The van der Waals surface area contributed by atoms with Crippen molar-refractivity contribution in [3.63, 3.8) is 0 Å². The van der Waals surface area contributed by atoms with Crippen LogP contribution in [0.3, 0.4) is 0 Å². The van der Waals surface area contributed by atoms with E-state index in [2.05, 4.69) is 5.32 Å². The molecule has 0 aromatic rings. The zero-order chi connectivity index (χ0) is 14.1. The zero-order valence-electron chi connectivity index (χ0n) is 11.4. The van der Waals surface area contributed by atoms with Gasteiger partial charge in [0.25, 0.3) is 0 Å². The molecule has 0 saturated heterocycles. The second-order valence-electron chi connectivity index (χ2n) is 4.82. The van der Waals surface area contributed by atoms with Crippen LogP contribution in [0.1, 0.15) is 34.6 Å². The van der Waals surface area contributed by atoms with Crippen LogP contribution in [0.25, 0.3) is 0 Å². The normalized spacial score (nSPS) is 14.1. The first-order valence-corrected chi connectivity index (χ1v) is 5.61. The molecule has 0 aliphatic rings. The van der Waals surface area contributed by atoms with Gasteiger partial charge in [0.1, 0.15) is 5.60 Å². The first-order valence-electron chi connectivity index (χ1n) is 5.61. The average molecular weight is 250 g/mol. The average Bonchev–Trinajstić information content (AvgIpc) is 2.13. The number of nitrogens with one attached hydrogen (secondary N) is 1. The zero-order valence-corrected chi connectivity index (χ0v) is 11.4. The van der Waals surface area contributed by atoms with E-state index >= 15 is 0 Å². The van der Waals surface area contributed by atoms with E-state index in [0.717, 1.165) is 0 Å². The Morgan fingerprint density at radius 3 is 1.94 bits per heavy atom. The molecule has 0 unspecified atom stereocenters. The Morgan fingerprint density at radius 2 is 1.71 bits per heavy atom. The van der Waals surface area contributed by atoms with Crippen molar-refractivity contribution in [2.24, 2.45) is 5.73 Å². The van der Waals surface area contributed by atoms with Gasteiger partial charge in [-0.15, -0.1) is 0 Å². The topological polar surface area (TPSA) is 105 Å². The fraction of sp³-hybridized carbons (Fsp3) is 0.909. The predicted octanol–water partition coefficient (Wildman–Crippen LogP) is 0.218. The Labute approximate surface area is 103 Å². The van der Waals surface area contributed by atoms with Crippen LogP contribution in [0, 0.1) is 0 Å². The molecule has 6 nitrogen and oxygen atoms in total. The Hall–Kier alpha value is -0.850. The summed E-state index contributed by atoms with van der Waals surface area (Å²) in [5.74, 6) is 0. The third kappa shape index (κ3) is 21.1. The molecule has 17 heavy (non-hydrogen) atoms. The van der Waals surface area contributed by atoms with Crippen molar-refractivity contribution >= 4 is 6.09 Å². The SMILES string of the molecule is C[C@H](O)CN.C[C@H](O)CNC(=O)OC(C)(C)C. The van der Waals surface area contributed by atoms with E-state index in [1.807, 2.05) is 0 Å². The van der Waals surface area contributed by atoms with Crippen molar-refractivity contribution < 1.29 is 19.7 Å². The molecule has 0 bridgehead atoms. The highest BCUT2D eigenvalue weighted by atomic mass is 16.6. The molecule has 0 radical (unpaired) electrons. The number of aliphatic hydroxyl groups is 2. The van der Waals surface area contributed by atoms with Crippen LogP contribution in [-0.2, 0) is 4.74 Å².